The summed E-state index contributed by atoms with van der Waals surface area (Å²) in [5.41, 5.74) is 1.89. The number of aryl methyl sites for hydroxylation is 2. The lowest BCUT2D eigenvalue weighted by Gasteiger charge is -2.29. The summed E-state index contributed by atoms with van der Waals surface area (Å²) in [5, 5.41) is 7.58. The Morgan fingerprint density at radius 1 is 1.24 bits per heavy atom. The molecule has 0 atom stereocenters. The van der Waals surface area contributed by atoms with Crippen LogP contribution in [-0.4, -0.2) is 31.5 Å². The third-order valence-electron chi connectivity index (χ3n) is 5.16. The summed E-state index contributed by atoms with van der Waals surface area (Å²) < 4.78 is 1.70. The number of amides is 1. The first-order valence-corrected chi connectivity index (χ1v) is 9.54. The van der Waals surface area contributed by atoms with E-state index in [0.717, 1.165) is 30.1 Å². The number of fused-ring (bicyclic) bond motifs is 1. The van der Waals surface area contributed by atoms with Crippen molar-refractivity contribution in [2.75, 3.05) is 0 Å². The van der Waals surface area contributed by atoms with Crippen molar-refractivity contribution in [3.63, 3.8) is 0 Å². The molecule has 0 bridgehead atoms. The second-order valence-electron chi connectivity index (χ2n) is 7.38. The van der Waals surface area contributed by atoms with Crippen molar-refractivity contribution >= 4 is 11.7 Å². The van der Waals surface area contributed by atoms with E-state index in [1.54, 1.807) is 4.52 Å². The fourth-order valence-corrected chi connectivity index (χ4v) is 3.79. The van der Waals surface area contributed by atoms with Crippen LogP contribution in [0.2, 0.25) is 0 Å². The number of aromatic nitrogens is 4. The number of nitrogens with one attached hydrogen (secondary N) is 1. The normalized spacial score (nSPS) is 20.8. The van der Waals surface area contributed by atoms with Gasteiger partial charge in [-0.1, -0.05) is 26.2 Å². The highest BCUT2D eigenvalue weighted by molar-refractivity contribution is 5.78. The molecular formula is C19H29N5O. The zero-order chi connectivity index (χ0) is 17.8. The number of rotatable bonds is 6. The van der Waals surface area contributed by atoms with Crippen LogP contribution in [-0.2, 0) is 11.2 Å². The van der Waals surface area contributed by atoms with Crippen molar-refractivity contribution in [3.8, 4) is 0 Å². The lowest BCUT2D eigenvalue weighted by molar-refractivity contribution is -0.121. The van der Waals surface area contributed by atoms with Gasteiger partial charge in [0.05, 0.1) is 6.42 Å². The minimum Gasteiger partial charge on any atom is -0.353 e. The van der Waals surface area contributed by atoms with Crippen LogP contribution in [0.25, 0.3) is 5.78 Å². The van der Waals surface area contributed by atoms with Gasteiger partial charge >= 0.3 is 0 Å². The molecule has 1 saturated carbocycles. The van der Waals surface area contributed by atoms with Crippen LogP contribution >= 0.6 is 0 Å². The maximum Gasteiger partial charge on any atom is 0.252 e. The summed E-state index contributed by atoms with van der Waals surface area (Å²) >= 11 is 0. The Hall–Kier alpha value is -1.98. The Balaban J connectivity index is 1.52. The van der Waals surface area contributed by atoms with Gasteiger partial charge in [-0.3, -0.25) is 4.79 Å². The van der Waals surface area contributed by atoms with Crippen molar-refractivity contribution < 1.29 is 4.79 Å². The molecule has 2 aromatic heterocycles. The first-order chi connectivity index (χ1) is 12.0. The standard InChI is InChI=1S/C19H29N5O/c1-4-5-6-15-7-9-16(10-8-15)21-18(25)12-17-22-19-20-13(2)11-14(3)24(19)23-17/h11,15-16H,4-10,12H2,1-3H3,(H,21,25). The smallest absolute Gasteiger partial charge is 0.252 e. The highest BCUT2D eigenvalue weighted by Gasteiger charge is 2.22. The molecule has 0 radical (unpaired) electrons. The molecule has 0 saturated heterocycles. The van der Waals surface area contributed by atoms with Crippen molar-refractivity contribution in [1.82, 2.24) is 24.9 Å². The Labute approximate surface area is 149 Å². The van der Waals surface area contributed by atoms with Gasteiger partial charge in [-0.15, -0.1) is 5.10 Å². The molecule has 25 heavy (non-hydrogen) atoms. The van der Waals surface area contributed by atoms with Gasteiger partial charge in [0, 0.05) is 17.4 Å². The molecular weight excluding hydrogens is 314 g/mol. The van der Waals surface area contributed by atoms with Crippen LogP contribution in [0.15, 0.2) is 6.07 Å². The lowest BCUT2D eigenvalue weighted by Crippen LogP contribution is -2.38. The summed E-state index contributed by atoms with van der Waals surface area (Å²) in [6.45, 7) is 6.15. The third kappa shape index (κ3) is 4.55. The van der Waals surface area contributed by atoms with E-state index in [2.05, 4.69) is 27.3 Å². The Bertz CT molecular complexity index is 731. The summed E-state index contributed by atoms with van der Waals surface area (Å²) in [4.78, 5) is 21.1. The molecule has 1 amide bonds. The van der Waals surface area contributed by atoms with E-state index in [-0.39, 0.29) is 12.3 Å². The molecule has 6 heteroatoms. The van der Waals surface area contributed by atoms with E-state index in [0.29, 0.717) is 17.6 Å². The SMILES string of the molecule is CCCCC1CCC(NC(=O)Cc2nc3nc(C)cc(C)n3n2)CC1. The Morgan fingerprint density at radius 2 is 2.00 bits per heavy atom. The first kappa shape index (κ1) is 17.8. The van der Waals surface area contributed by atoms with E-state index < -0.39 is 0 Å². The lowest BCUT2D eigenvalue weighted by atomic mass is 9.83. The van der Waals surface area contributed by atoms with Gasteiger partial charge in [0.2, 0.25) is 5.91 Å². The van der Waals surface area contributed by atoms with Gasteiger partial charge in [0.25, 0.3) is 5.78 Å². The number of hydrogen-bond donors (Lipinski definition) is 1. The second kappa shape index (κ2) is 7.93. The Kier molecular flexibility index (Phi) is 5.66. The quantitative estimate of drug-likeness (QED) is 0.874. The van der Waals surface area contributed by atoms with Crippen LogP contribution in [0.5, 0.6) is 0 Å². The summed E-state index contributed by atoms with van der Waals surface area (Å²) in [6.07, 6.45) is 8.83. The molecule has 0 unspecified atom stereocenters. The van der Waals surface area contributed by atoms with Crippen molar-refractivity contribution in [1.29, 1.82) is 0 Å². The zero-order valence-corrected chi connectivity index (χ0v) is 15.6. The molecule has 0 spiro atoms. The largest absolute Gasteiger partial charge is 0.353 e. The summed E-state index contributed by atoms with van der Waals surface area (Å²) in [5.74, 6) is 1.97. The molecule has 0 aromatic carbocycles. The highest BCUT2D eigenvalue weighted by atomic mass is 16.1. The molecule has 1 N–H and O–H groups in total. The van der Waals surface area contributed by atoms with E-state index in [4.69, 9.17) is 0 Å². The van der Waals surface area contributed by atoms with E-state index in [1.165, 1.54) is 32.1 Å². The average molecular weight is 343 g/mol. The molecule has 2 heterocycles. The van der Waals surface area contributed by atoms with E-state index in [9.17, 15) is 4.79 Å². The van der Waals surface area contributed by atoms with Crippen molar-refractivity contribution in [3.05, 3.63) is 23.3 Å². The van der Waals surface area contributed by atoms with Gasteiger partial charge in [0.15, 0.2) is 5.82 Å². The molecule has 136 valence electrons. The summed E-state index contributed by atoms with van der Waals surface area (Å²) in [6, 6.07) is 2.27. The second-order valence-corrected chi connectivity index (χ2v) is 7.38. The number of unbranched alkanes of at least 4 members (excludes halogenated alkanes) is 1. The maximum absolute atomic E-state index is 12.3. The minimum absolute atomic E-state index is 0.0160. The molecule has 3 rings (SSSR count). The van der Waals surface area contributed by atoms with Gasteiger partial charge in [-0.25, -0.2) is 9.50 Å². The van der Waals surface area contributed by atoms with Gasteiger partial charge in [-0.2, -0.15) is 4.98 Å². The van der Waals surface area contributed by atoms with Crippen LogP contribution < -0.4 is 5.32 Å². The molecule has 0 aliphatic heterocycles. The van der Waals surface area contributed by atoms with Crippen LogP contribution in [0.4, 0.5) is 0 Å². The van der Waals surface area contributed by atoms with Gasteiger partial charge in [-0.05, 0) is 51.5 Å². The molecule has 2 aromatic rings. The maximum atomic E-state index is 12.3. The van der Waals surface area contributed by atoms with Crippen molar-refractivity contribution in [2.24, 2.45) is 5.92 Å². The number of carbonyl (C=O) groups is 1. The molecule has 1 fully saturated rings. The van der Waals surface area contributed by atoms with Gasteiger partial charge < -0.3 is 5.32 Å². The number of hydrogen-bond acceptors (Lipinski definition) is 4. The number of carbonyl (C=O) groups excluding carboxylic acids is 1. The zero-order valence-electron chi connectivity index (χ0n) is 15.6. The van der Waals surface area contributed by atoms with Crippen LogP contribution in [0.3, 0.4) is 0 Å². The third-order valence-corrected chi connectivity index (χ3v) is 5.16. The minimum atomic E-state index is 0.0160. The molecule has 1 aliphatic rings. The van der Waals surface area contributed by atoms with Crippen LogP contribution in [0.1, 0.15) is 69.1 Å². The number of nitrogens with zero attached hydrogens (tertiary/aromatic N) is 4. The fraction of sp³-hybridized carbons (Fsp3) is 0.684. The van der Waals surface area contributed by atoms with E-state index >= 15 is 0 Å². The average Bonchev–Trinajstić information content (AvgIpc) is 2.96. The van der Waals surface area contributed by atoms with Crippen LogP contribution in [0, 0.1) is 19.8 Å². The molecule has 1 aliphatic carbocycles. The molecule has 6 nitrogen and oxygen atoms in total. The first-order valence-electron chi connectivity index (χ1n) is 9.54. The summed E-state index contributed by atoms with van der Waals surface area (Å²) in [7, 11) is 0. The van der Waals surface area contributed by atoms with Crippen molar-refractivity contribution in [2.45, 2.75) is 78.2 Å². The van der Waals surface area contributed by atoms with Gasteiger partial charge in [0.1, 0.15) is 0 Å². The fourth-order valence-electron chi connectivity index (χ4n) is 3.79. The topological polar surface area (TPSA) is 72.2 Å². The predicted molar refractivity (Wildman–Crippen MR) is 97.4 cm³/mol. The highest BCUT2D eigenvalue weighted by Crippen LogP contribution is 2.28. The Morgan fingerprint density at radius 3 is 2.72 bits per heavy atom. The monoisotopic (exact) mass is 343 g/mol. The predicted octanol–water partition coefficient (Wildman–Crippen LogP) is 3.15. The van der Waals surface area contributed by atoms with E-state index in [1.807, 2.05) is 19.9 Å².